The summed E-state index contributed by atoms with van der Waals surface area (Å²) in [4.78, 5) is 11.2. The van der Waals surface area contributed by atoms with Gasteiger partial charge >= 0.3 is 0 Å². The topological polar surface area (TPSA) is 102 Å². The highest BCUT2D eigenvalue weighted by Crippen LogP contribution is 2.40. The molecule has 1 amide bonds. The monoisotopic (exact) mass is 253 g/mol. The van der Waals surface area contributed by atoms with E-state index in [4.69, 9.17) is 15.2 Å². The van der Waals surface area contributed by atoms with Gasteiger partial charge in [0.15, 0.2) is 0 Å². The highest BCUT2D eigenvalue weighted by atomic mass is 16.5. The number of aromatic hydroxyl groups is 1. The van der Waals surface area contributed by atoms with Crippen LogP contribution in [-0.2, 0) is 4.74 Å². The third kappa shape index (κ3) is 2.00. The zero-order valence-electron chi connectivity index (χ0n) is 9.92. The van der Waals surface area contributed by atoms with Gasteiger partial charge in [0.1, 0.15) is 11.5 Å². The van der Waals surface area contributed by atoms with Gasteiger partial charge in [0.2, 0.25) is 0 Å². The molecular formula is C12H15NO5. The molecule has 6 nitrogen and oxygen atoms in total. The Morgan fingerprint density at radius 1 is 1.50 bits per heavy atom. The number of aliphatic hydroxyl groups excluding tert-OH is 1. The Hall–Kier alpha value is -1.79. The average molecular weight is 253 g/mol. The number of aliphatic hydroxyl groups is 1. The van der Waals surface area contributed by atoms with Crippen molar-refractivity contribution >= 4 is 5.91 Å². The summed E-state index contributed by atoms with van der Waals surface area (Å²) < 4.78 is 10.3. The van der Waals surface area contributed by atoms with Crippen molar-refractivity contribution < 1.29 is 24.5 Å². The van der Waals surface area contributed by atoms with Crippen molar-refractivity contribution in [3.63, 3.8) is 0 Å². The van der Waals surface area contributed by atoms with E-state index in [0.717, 1.165) is 0 Å². The molecule has 98 valence electrons. The van der Waals surface area contributed by atoms with Crippen LogP contribution in [0, 0.1) is 0 Å². The van der Waals surface area contributed by atoms with Gasteiger partial charge in [-0.3, -0.25) is 4.79 Å². The molecule has 18 heavy (non-hydrogen) atoms. The van der Waals surface area contributed by atoms with Gasteiger partial charge in [0, 0.05) is 11.5 Å². The molecule has 0 saturated carbocycles. The molecule has 4 N–H and O–H groups in total. The summed E-state index contributed by atoms with van der Waals surface area (Å²) in [6, 6.07) is 2.93. The largest absolute Gasteiger partial charge is 0.507 e. The smallest absolute Gasteiger partial charge is 0.252 e. The van der Waals surface area contributed by atoms with E-state index in [1.54, 1.807) is 6.07 Å². The number of ether oxygens (including phenoxy) is 2. The number of rotatable bonds is 3. The first kappa shape index (κ1) is 12.7. The molecule has 2 rings (SSSR count). The van der Waals surface area contributed by atoms with Crippen molar-refractivity contribution in [2.75, 3.05) is 20.3 Å². The van der Waals surface area contributed by atoms with Gasteiger partial charge in [0.25, 0.3) is 5.91 Å². The lowest BCUT2D eigenvalue weighted by Crippen LogP contribution is -2.18. The molecule has 1 saturated heterocycles. The minimum absolute atomic E-state index is 0.00454. The van der Waals surface area contributed by atoms with Crippen LogP contribution < -0.4 is 10.5 Å². The normalized spacial score (nSPS) is 23.0. The Morgan fingerprint density at radius 2 is 2.22 bits per heavy atom. The summed E-state index contributed by atoms with van der Waals surface area (Å²) in [6.45, 7) is 0.446. The van der Waals surface area contributed by atoms with Crippen LogP contribution in [-0.4, -0.2) is 42.5 Å². The number of methoxy groups -OCH3 is 1. The summed E-state index contributed by atoms with van der Waals surface area (Å²) in [7, 11) is 1.45. The average Bonchev–Trinajstić information content (AvgIpc) is 2.74. The summed E-state index contributed by atoms with van der Waals surface area (Å²) in [5.41, 5.74) is 5.54. The molecule has 0 aliphatic carbocycles. The van der Waals surface area contributed by atoms with Crippen molar-refractivity contribution in [1.29, 1.82) is 0 Å². The molecule has 2 atom stereocenters. The number of carbonyl (C=O) groups excluding carboxylic acids is 1. The SMILES string of the molecule is COc1ccc(C(N)=O)c(O)c1C1COCC1O. The quantitative estimate of drug-likeness (QED) is 0.702. The van der Waals surface area contributed by atoms with E-state index in [2.05, 4.69) is 0 Å². The van der Waals surface area contributed by atoms with Gasteiger partial charge in [-0.1, -0.05) is 0 Å². The summed E-state index contributed by atoms with van der Waals surface area (Å²) in [5, 5.41) is 19.9. The number of carbonyl (C=O) groups is 1. The van der Waals surface area contributed by atoms with Gasteiger partial charge in [-0.05, 0) is 12.1 Å². The van der Waals surface area contributed by atoms with E-state index in [0.29, 0.717) is 11.3 Å². The number of phenols is 1. The van der Waals surface area contributed by atoms with Crippen molar-refractivity contribution in [2.45, 2.75) is 12.0 Å². The van der Waals surface area contributed by atoms with Crippen molar-refractivity contribution in [1.82, 2.24) is 0 Å². The highest BCUT2D eigenvalue weighted by molar-refractivity contribution is 5.96. The first-order valence-electron chi connectivity index (χ1n) is 5.51. The first-order chi connectivity index (χ1) is 8.56. The molecular weight excluding hydrogens is 238 g/mol. The fourth-order valence-electron chi connectivity index (χ4n) is 2.14. The predicted molar refractivity (Wildman–Crippen MR) is 62.7 cm³/mol. The summed E-state index contributed by atoms with van der Waals surface area (Å²) in [6.07, 6.45) is -0.743. The molecule has 0 radical (unpaired) electrons. The number of primary amides is 1. The number of nitrogens with two attached hydrogens (primary N) is 1. The maximum Gasteiger partial charge on any atom is 0.252 e. The molecule has 1 aromatic carbocycles. The van der Waals surface area contributed by atoms with Crippen LogP contribution in [0.4, 0.5) is 0 Å². The standard InChI is InChI=1S/C12H15NO5/c1-17-9-3-2-6(12(13)16)11(15)10(9)7-4-18-5-8(7)14/h2-3,7-8,14-15H,4-5H2,1H3,(H2,13,16). The lowest BCUT2D eigenvalue weighted by atomic mass is 9.92. The first-order valence-corrected chi connectivity index (χ1v) is 5.51. The number of amides is 1. The summed E-state index contributed by atoms with van der Waals surface area (Å²) >= 11 is 0. The van der Waals surface area contributed by atoms with Gasteiger partial charge in [-0.15, -0.1) is 0 Å². The van der Waals surface area contributed by atoms with E-state index in [9.17, 15) is 15.0 Å². The van der Waals surface area contributed by atoms with Crippen molar-refractivity contribution in [3.05, 3.63) is 23.3 Å². The number of hydrogen-bond acceptors (Lipinski definition) is 5. The second kappa shape index (κ2) is 4.83. The van der Waals surface area contributed by atoms with Crippen LogP contribution in [0.15, 0.2) is 12.1 Å². The molecule has 1 fully saturated rings. The van der Waals surface area contributed by atoms with Crippen LogP contribution in [0.2, 0.25) is 0 Å². The van der Waals surface area contributed by atoms with E-state index < -0.39 is 17.9 Å². The molecule has 1 heterocycles. The zero-order valence-corrected chi connectivity index (χ0v) is 9.92. The third-order valence-corrected chi connectivity index (χ3v) is 3.08. The predicted octanol–water partition coefficient (Wildman–Crippen LogP) is -0.0256. The van der Waals surface area contributed by atoms with Gasteiger partial charge in [-0.2, -0.15) is 0 Å². The lowest BCUT2D eigenvalue weighted by molar-refractivity contribution is 0.0997. The molecule has 0 spiro atoms. The molecule has 1 aliphatic rings. The summed E-state index contributed by atoms with van der Waals surface area (Å²) in [5.74, 6) is -1.02. The van der Waals surface area contributed by atoms with E-state index in [1.807, 2.05) is 0 Å². The Morgan fingerprint density at radius 3 is 2.72 bits per heavy atom. The minimum Gasteiger partial charge on any atom is -0.507 e. The Kier molecular flexibility index (Phi) is 3.40. The van der Waals surface area contributed by atoms with Gasteiger partial charge in [0.05, 0.1) is 32.0 Å². The van der Waals surface area contributed by atoms with Crippen LogP contribution in [0.3, 0.4) is 0 Å². The molecule has 6 heteroatoms. The van der Waals surface area contributed by atoms with Crippen LogP contribution in [0.5, 0.6) is 11.5 Å². The highest BCUT2D eigenvalue weighted by Gasteiger charge is 2.33. The Labute approximate surface area is 104 Å². The maximum atomic E-state index is 11.2. The lowest BCUT2D eigenvalue weighted by Gasteiger charge is -2.19. The second-order valence-electron chi connectivity index (χ2n) is 4.15. The number of hydrogen-bond donors (Lipinski definition) is 3. The molecule has 0 aromatic heterocycles. The van der Waals surface area contributed by atoms with Gasteiger partial charge in [-0.25, -0.2) is 0 Å². The van der Waals surface area contributed by atoms with Crippen LogP contribution in [0.1, 0.15) is 21.8 Å². The van der Waals surface area contributed by atoms with E-state index in [1.165, 1.54) is 13.2 Å². The van der Waals surface area contributed by atoms with Gasteiger partial charge < -0.3 is 25.4 Å². The van der Waals surface area contributed by atoms with Crippen molar-refractivity contribution in [3.8, 4) is 11.5 Å². The fourth-order valence-corrected chi connectivity index (χ4v) is 2.14. The molecule has 1 aromatic rings. The third-order valence-electron chi connectivity index (χ3n) is 3.08. The fraction of sp³-hybridized carbons (Fsp3) is 0.417. The maximum absolute atomic E-state index is 11.2. The second-order valence-corrected chi connectivity index (χ2v) is 4.15. The molecule has 1 aliphatic heterocycles. The Bertz CT molecular complexity index is 474. The van der Waals surface area contributed by atoms with E-state index in [-0.39, 0.29) is 24.5 Å². The van der Waals surface area contributed by atoms with E-state index >= 15 is 0 Å². The molecule has 0 bridgehead atoms. The van der Waals surface area contributed by atoms with Crippen molar-refractivity contribution in [2.24, 2.45) is 5.73 Å². The zero-order chi connectivity index (χ0) is 13.3. The molecule has 2 unspecified atom stereocenters. The number of benzene rings is 1. The Balaban J connectivity index is 2.55. The van der Waals surface area contributed by atoms with Crippen LogP contribution >= 0.6 is 0 Å². The minimum atomic E-state index is -0.743. The van der Waals surface area contributed by atoms with Crippen LogP contribution in [0.25, 0.3) is 0 Å².